The lowest BCUT2D eigenvalue weighted by atomic mass is 10.1. The molecule has 1 aliphatic carbocycles. The smallest absolute Gasteiger partial charge is 0.341 e. The van der Waals surface area contributed by atoms with Gasteiger partial charge in [0.2, 0.25) is 0 Å². The molecule has 0 aromatic heterocycles. The Hall–Kier alpha value is -0.570. The molecular formula is C8H12O3. The molecule has 1 saturated heterocycles. The van der Waals surface area contributed by atoms with Crippen molar-refractivity contribution in [3.05, 3.63) is 0 Å². The molecule has 0 aromatic rings. The first-order valence-electron chi connectivity index (χ1n) is 4.14. The van der Waals surface area contributed by atoms with Crippen LogP contribution in [0.3, 0.4) is 0 Å². The van der Waals surface area contributed by atoms with Crippen LogP contribution < -0.4 is 0 Å². The predicted molar refractivity (Wildman–Crippen MR) is 38.1 cm³/mol. The third-order valence-corrected chi connectivity index (χ3v) is 2.45. The van der Waals surface area contributed by atoms with E-state index >= 15 is 0 Å². The second-order valence-corrected chi connectivity index (χ2v) is 3.11. The lowest BCUT2D eigenvalue weighted by Crippen LogP contribution is -2.26. The Bertz CT molecular complexity index is 190. The Morgan fingerprint density at radius 2 is 2.64 bits per heavy atom. The summed E-state index contributed by atoms with van der Waals surface area (Å²) in [6.45, 7) is 2.28. The van der Waals surface area contributed by atoms with Crippen LogP contribution in [-0.4, -0.2) is 24.3 Å². The molecule has 1 heterocycles. The highest BCUT2D eigenvalue weighted by atomic mass is 16.7. The molecule has 3 nitrogen and oxygen atoms in total. The van der Waals surface area contributed by atoms with E-state index in [1.165, 1.54) is 0 Å². The first kappa shape index (κ1) is 7.10. The zero-order chi connectivity index (χ0) is 7.90. The van der Waals surface area contributed by atoms with Crippen LogP contribution in [0.25, 0.3) is 0 Å². The van der Waals surface area contributed by atoms with Gasteiger partial charge in [-0.15, -0.1) is 0 Å². The van der Waals surface area contributed by atoms with Crippen LogP contribution in [-0.2, 0) is 14.3 Å². The molecule has 11 heavy (non-hydrogen) atoms. The number of fused-ring (bicyclic) bond motifs is 1. The van der Waals surface area contributed by atoms with Crippen LogP contribution in [0.4, 0.5) is 0 Å². The maximum absolute atomic E-state index is 11.3. The summed E-state index contributed by atoms with van der Waals surface area (Å²) in [5.41, 5.74) is -0.490. The van der Waals surface area contributed by atoms with E-state index in [1.807, 2.05) is 6.92 Å². The third-order valence-electron chi connectivity index (χ3n) is 2.45. The van der Waals surface area contributed by atoms with Gasteiger partial charge in [0.1, 0.15) is 0 Å². The van der Waals surface area contributed by atoms with Gasteiger partial charge in [-0.3, -0.25) is 0 Å². The van der Waals surface area contributed by atoms with Crippen molar-refractivity contribution in [3.63, 3.8) is 0 Å². The molecule has 0 aromatic carbocycles. The van der Waals surface area contributed by atoms with Crippen molar-refractivity contribution in [1.29, 1.82) is 0 Å². The molecule has 62 valence electrons. The summed E-state index contributed by atoms with van der Waals surface area (Å²) in [5, 5.41) is 0. The molecule has 3 heteroatoms. The van der Waals surface area contributed by atoms with Gasteiger partial charge in [-0.05, 0) is 26.2 Å². The lowest BCUT2D eigenvalue weighted by Gasteiger charge is -2.06. The van der Waals surface area contributed by atoms with E-state index in [4.69, 9.17) is 9.47 Å². The van der Waals surface area contributed by atoms with E-state index in [1.54, 1.807) is 0 Å². The summed E-state index contributed by atoms with van der Waals surface area (Å²) in [6.07, 6.45) is 3.17. The topological polar surface area (TPSA) is 38.8 Å². The van der Waals surface area contributed by atoms with E-state index in [2.05, 4.69) is 0 Å². The highest BCUT2D eigenvalue weighted by Gasteiger charge is 2.66. The Kier molecular flexibility index (Phi) is 1.42. The van der Waals surface area contributed by atoms with Crippen LogP contribution >= 0.6 is 0 Å². The minimum atomic E-state index is -0.490. The molecular weight excluding hydrogens is 144 g/mol. The minimum absolute atomic E-state index is 0.150. The molecule has 0 bridgehead atoms. The second kappa shape index (κ2) is 2.21. The predicted octanol–water partition coefficient (Wildman–Crippen LogP) is 0.871. The van der Waals surface area contributed by atoms with Crippen LogP contribution in [0, 0.1) is 0 Å². The maximum atomic E-state index is 11.3. The van der Waals surface area contributed by atoms with Crippen molar-refractivity contribution in [2.24, 2.45) is 0 Å². The van der Waals surface area contributed by atoms with Crippen molar-refractivity contribution in [3.8, 4) is 0 Å². The van der Waals surface area contributed by atoms with Gasteiger partial charge in [0.05, 0.1) is 12.7 Å². The molecule has 0 radical (unpaired) electrons. The fraction of sp³-hybridized carbons (Fsp3) is 0.875. The number of carbonyl (C=O) groups excluding carboxylic acids is 1. The van der Waals surface area contributed by atoms with Crippen LogP contribution in [0.15, 0.2) is 0 Å². The zero-order valence-corrected chi connectivity index (χ0v) is 6.63. The van der Waals surface area contributed by atoms with Crippen molar-refractivity contribution < 1.29 is 14.3 Å². The molecule has 2 atom stereocenters. The Balaban J connectivity index is 1.99. The van der Waals surface area contributed by atoms with Gasteiger partial charge in [-0.25, -0.2) is 4.79 Å². The molecule has 0 N–H and O–H groups in total. The summed E-state index contributed by atoms with van der Waals surface area (Å²) >= 11 is 0. The quantitative estimate of drug-likeness (QED) is 0.440. The van der Waals surface area contributed by atoms with E-state index < -0.39 is 5.60 Å². The molecule has 1 saturated carbocycles. The number of hydrogen-bond donors (Lipinski definition) is 0. The van der Waals surface area contributed by atoms with Gasteiger partial charge in [-0.2, -0.15) is 0 Å². The molecule has 2 fully saturated rings. The third kappa shape index (κ3) is 0.872. The van der Waals surface area contributed by atoms with Crippen molar-refractivity contribution in [2.45, 2.75) is 37.9 Å². The van der Waals surface area contributed by atoms with Gasteiger partial charge in [0.15, 0.2) is 5.60 Å². The van der Waals surface area contributed by atoms with Crippen molar-refractivity contribution in [2.75, 3.05) is 6.61 Å². The van der Waals surface area contributed by atoms with E-state index in [0.717, 1.165) is 19.3 Å². The van der Waals surface area contributed by atoms with Gasteiger partial charge < -0.3 is 9.47 Å². The van der Waals surface area contributed by atoms with Gasteiger partial charge >= 0.3 is 5.97 Å². The van der Waals surface area contributed by atoms with Crippen molar-refractivity contribution >= 4 is 5.97 Å². The molecule has 0 amide bonds. The largest absolute Gasteiger partial charge is 0.464 e. The number of esters is 1. The maximum Gasteiger partial charge on any atom is 0.341 e. The Morgan fingerprint density at radius 3 is 3.09 bits per heavy atom. The monoisotopic (exact) mass is 156 g/mol. The summed E-state index contributed by atoms with van der Waals surface area (Å²) < 4.78 is 10.2. The van der Waals surface area contributed by atoms with Gasteiger partial charge in [0.25, 0.3) is 0 Å². The lowest BCUT2D eigenvalue weighted by molar-refractivity contribution is -0.149. The minimum Gasteiger partial charge on any atom is -0.464 e. The van der Waals surface area contributed by atoms with Crippen molar-refractivity contribution in [1.82, 2.24) is 0 Å². The molecule has 1 aliphatic heterocycles. The fourth-order valence-electron chi connectivity index (χ4n) is 1.82. The first-order chi connectivity index (χ1) is 5.29. The summed E-state index contributed by atoms with van der Waals surface area (Å²) in [4.78, 5) is 11.3. The molecule has 2 rings (SSSR count). The highest BCUT2D eigenvalue weighted by Crippen LogP contribution is 2.50. The van der Waals surface area contributed by atoms with E-state index in [0.29, 0.717) is 6.61 Å². The Labute approximate surface area is 65.7 Å². The van der Waals surface area contributed by atoms with Crippen LogP contribution in [0.1, 0.15) is 26.2 Å². The molecule has 2 aliphatic rings. The summed E-state index contributed by atoms with van der Waals surface area (Å²) in [6, 6.07) is 0. The molecule has 1 unspecified atom stereocenters. The number of rotatable bonds is 2. The zero-order valence-electron chi connectivity index (χ0n) is 6.63. The Morgan fingerprint density at radius 1 is 1.82 bits per heavy atom. The highest BCUT2D eigenvalue weighted by molar-refractivity contribution is 5.84. The summed E-state index contributed by atoms with van der Waals surface area (Å²) in [5.74, 6) is -0.150. The standard InChI is InChI=1S/C8H12O3/c1-2-10-7(9)8-5-3-4-6(8)11-8/h6H,2-5H2,1H3/t6?,8-/m0/s1. The van der Waals surface area contributed by atoms with Gasteiger partial charge in [0, 0.05) is 0 Å². The number of epoxide rings is 1. The normalized spacial score (nSPS) is 39.9. The van der Waals surface area contributed by atoms with E-state index in [-0.39, 0.29) is 12.1 Å². The van der Waals surface area contributed by atoms with E-state index in [9.17, 15) is 4.79 Å². The SMILES string of the molecule is CCOC(=O)[C@]12CCCC1O2. The van der Waals surface area contributed by atoms with Crippen LogP contribution in [0.2, 0.25) is 0 Å². The average molecular weight is 156 g/mol. The number of carbonyl (C=O) groups is 1. The fourth-order valence-corrected chi connectivity index (χ4v) is 1.82. The van der Waals surface area contributed by atoms with Gasteiger partial charge in [-0.1, -0.05) is 0 Å². The second-order valence-electron chi connectivity index (χ2n) is 3.11. The summed E-state index contributed by atoms with van der Waals surface area (Å²) in [7, 11) is 0. The number of ether oxygens (including phenoxy) is 2. The first-order valence-corrected chi connectivity index (χ1v) is 4.14. The molecule has 0 spiro atoms. The van der Waals surface area contributed by atoms with Crippen LogP contribution in [0.5, 0.6) is 0 Å². The number of hydrogen-bond acceptors (Lipinski definition) is 3. The average Bonchev–Trinajstić information content (AvgIpc) is 2.57.